The predicted octanol–water partition coefficient (Wildman–Crippen LogP) is 2.95. The maximum Gasteiger partial charge on any atom is 0.222 e. The number of hydrogen-bond acceptors (Lipinski definition) is 1. The molecule has 0 radical (unpaired) electrons. The van der Waals surface area contributed by atoms with Crippen molar-refractivity contribution in [3.05, 3.63) is 0 Å². The monoisotopic (exact) mass is 261 g/mol. The summed E-state index contributed by atoms with van der Waals surface area (Å²) in [7, 11) is 0. The Balaban J connectivity index is 2.38. The predicted molar refractivity (Wildman–Crippen MR) is 62.7 cm³/mol. The van der Waals surface area contributed by atoms with Gasteiger partial charge in [-0.1, -0.05) is 22.9 Å². The molecule has 1 aliphatic carbocycles. The fraction of sp³-hybridized carbons (Fsp3) is 0.909. The summed E-state index contributed by atoms with van der Waals surface area (Å²) in [5.41, 5.74) is 0. The number of rotatable bonds is 6. The molecule has 0 unspecified atom stereocenters. The molecule has 1 rings (SSSR count). The van der Waals surface area contributed by atoms with Gasteiger partial charge in [0.25, 0.3) is 0 Å². The third-order valence-electron chi connectivity index (χ3n) is 2.83. The zero-order valence-corrected chi connectivity index (χ0v) is 10.6. The van der Waals surface area contributed by atoms with E-state index in [0.717, 1.165) is 31.1 Å². The first-order chi connectivity index (χ1) is 6.79. The second-order valence-electron chi connectivity index (χ2n) is 3.96. The zero-order valence-electron chi connectivity index (χ0n) is 8.97. The molecule has 1 saturated carbocycles. The first-order valence-electron chi connectivity index (χ1n) is 5.65. The Morgan fingerprint density at radius 2 is 2.21 bits per heavy atom. The largest absolute Gasteiger partial charge is 0.340 e. The van der Waals surface area contributed by atoms with Gasteiger partial charge in [0.2, 0.25) is 5.91 Å². The smallest absolute Gasteiger partial charge is 0.222 e. The lowest BCUT2D eigenvalue weighted by atomic mass is 9.91. The third-order valence-corrected chi connectivity index (χ3v) is 3.39. The van der Waals surface area contributed by atoms with Gasteiger partial charge in [0.1, 0.15) is 0 Å². The molecule has 1 fully saturated rings. The number of nitrogens with zero attached hydrogens (tertiary/aromatic N) is 1. The van der Waals surface area contributed by atoms with Crippen LogP contribution in [0.3, 0.4) is 0 Å². The van der Waals surface area contributed by atoms with Crippen LogP contribution in [0.4, 0.5) is 0 Å². The van der Waals surface area contributed by atoms with Gasteiger partial charge in [-0.25, -0.2) is 0 Å². The van der Waals surface area contributed by atoms with E-state index in [2.05, 4.69) is 27.8 Å². The minimum absolute atomic E-state index is 0.359. The van der Waals surface area contributed by atoms with E-state index in [9.17, 15) is 4.79 Å². The lowest BCUT2D eigenvalue weighted by molar-refractivity contribution is -0.135. The fourth-order valence-electron chi connectivity index (χ4n) is 1.80. The van der Waals surface area contributed by atoms with Crippen molar-refractivity contribution in [1.82, 2.24) is 4.90 Å². The molecular formula is C11H20BrNO. The van der Waals surface area contributed by atoms with Gasteiger partial charge in [0, 0.05) is 24.3 Å². The molecule has 0 aromatic rings. The van der Waals surface area contributed by atoms with Crippen LogP contribution in [0.5, 0.6) is 0 Å². The molecule has 14 heavy (non-hydrogen) atoms. The molecule has 0 bridgehead atoms. The Kier molecular flexibility index (Phi) is 5.53. The second-order valence-corrected chi connectivity index (χ2v) is 4.76. The first kappa shape index (κ1) is 12.0. The van der Waals surface area contributed by atoms with Gasteiger partial charge >= 0.3 is 0 Å². The van der Waals surface area contributed by atoms with E-state index in [1.54, 1.807) is 0 Å². The van der Waals surface area contributed by atoms with Crippen LogP contribution in [0, 0.1) is 0 Å². The van der Waals surface area contributed by atoms with Crippen molar-refractivity contribution in [1.29, 1.82) is 0 Å². The highest BCUT2D eigenvalue weighted by atomic mass is 79.9. The number of carbonyl (C=O) groups excluding carboxylic acids is 1. The highest BCUT2D eigenvalue weighted by Crippen LogP contribution is 2.25. The van der Waals surface area contributed by atoms with Crippen LogP contribution in [0.1, 0.15) is 45.4 Å². The molecule has 0 aliphatic heterocycles. The molecule has 2 nitrogen and oxygen atoms in total. The normalized spacial score (nSPS) is 16.4. The van der Waals surface area contributed by atoms with Crippen LogP contribution in [0.2, 0.25) is 0 Å². The lowest BCUT2D eigenvalue weighted by Gasteiger charge is -2.37. The van der Waals surface area contributed by atoms with Crippen LogP contribution in [0.15, 0.2) is 0 Å². The third kappa shape index (κ3) is 3.26. The molecule has 1 aliphatic rings. The van der Waals surface area contributed by atoms with Gasteiger partial charge in [-0.2, -0.15) is 0 Å². The summed E-state index contributed by atoms with van der Waals surface area (Å²) in [6.07, 6.45) is 6.51. The van der Waals surface area contributed by atoms with Gasteiger partial charge < -0.3 is 4.90 Å². The summed E-state index contributed by atoms with van der Waals surface area (Å²) in [6.45, 7) is 3.01. The molecule has 3 heteroatoms. The standard InChI is InChI=1S/C11H20BrNO/c1-2-5-11(14)13(9-4-8-12)10-6-3-7-10/h10H,2-9H2,1H3. The van der Waals surface area contributed by atoms with E-state index in [0.29, 0.717) is 11.9 Å². The molecule has 0 saturated heterocycles. The van der Waals surface area contributed by atoms with E-state index in [-0.39, 0.29) is 0 Å². The first-order valence-corrected chi connectivity index (χ1v) is 6.77. The highest BCUT2D eigenvalue weighted by Gasteiger charge is 2.27. The summed E-state index contributed by atoms with van der Waals surface area (Å²) in [5.74, 6) is 0.359. The second kappa shape index (κ2) is 6.44. The molecular weight excluding hydrogens is 242 g/mol. The van der Waals surface area contributed by atoms with Crippen molar-refractivity contribution < 1.29 is 4.79 Å². The molecule has 0 atom stereocenters. The van der Waals surface area contributed by atoms with Crippen LogP contribution >= 0.6 is 15.9 Å². The number of amides is 1. The van der Waals surface area contributed by atoms with Crippen molar-refractivity contribution in [2.45, 2.75) is 51.5 Å². The molecule has 1 amide bonds. The Hall–Kier alpha value is -0.0500. The Morgan fingerprint density at radius 1 is 1.50 bits per heavy atom. The minimum atomic E-state index is 0.359. The summed E-state index contributed by atoms with van der Waals surface area (Å²) < 4.78 is 0. The molecule has 82 valence electrons. The number of halogens is 1. The van der Waals surface area contributed by atoms with Crippen molar-refractivity contribution >= 4 is 21.8 Å². The van der Waals surface area contributed by atoms with E-state index < -0.39 is 0 Å². The van der Waals surface area contributed by atoms with Crippen LogP contribution in [0.25, 0.3) is 0 Å². The molecule has 0 aromatic heterocycles. The molecule has 0 N–H and O–H groups in total. The summed E-state index contributed by atoms with van der Waals surface area (Å²) in [5, 5.41) is 0.996. The topological polar surface area (TPSA) is 20.3 Å². The Labute approximate surface area is 95.2 Å². The van der Waals surface area contributed by atoms with Gasteiger partial charge in [0.05, 0.1) is 0 Å². The van der Waals surface area contributed by atoms with Gasteiger partial charge in [-0.3, -0.25) is 4.79 Å². The number of alkyl halides is 1. The quantitative estimate of drug-likeness (QED) is 0.674. The van der Waals surface area contributed by atoms with E-state index in [4.69, 9.17) is 0 Å². The van der Waals surface area contributed by atoms with E-state index in [1.165, 1.54) is 19.3 Å². The summed E-state index contributed by atoms with van der Waals surface area (Å²) in [6, 6.07) is 0.563. The van der Waals surface area contributed by atoms with Crippen molar-refractivity contribution in [3.63, 3.8) is 0 Å². The average molecular weight is 262 g/mol. The Bertz CT molecular complexity index is 180. The number of carbonyl (C=O) groups is 1. The average Bonchev–Trinajstić information content (AvgIpc) is 2.09. The van der Waals surface area contributed by atoms with Crippen LogP contribution in [-0.4, -0.2) is 28.7 Å². The molecule has 0 spiro atoms. The van der Waals surface area contributed by atoms with Gasteiger partial charge in [-0.05, 0) is 32.1 Å². The Morgan fingerprint density at radius 3 is 2.64 bits per heavy atom. The SMILES string of the molecule is CCCC(=O)N(CCCBr)C1CCC1. The highest BCUT2D eigenvalue weighted by molar-refractivity contribution is 9.09. The van der Waals surface area contributed by atoms with Gasteiger partial charge in [-0.15, -0.1) is 0 Å². The molecule has 0 aromatic carbocycles. The van der Waals surface area contributed by atoms with Crippen molar-refractivity contribution in [2.24, 2.45) is 0 Å². The van der Waals surface area contributed by atoms with Crippen molar-refractivity contribution in [3.8, 4) is 0 Å². The van der Waals surface area contributed by atoms with Gasteiger partial charge in [0.15, 0.2) is 0 Å². The van der Waals surface area contributed by atoms with E-state index in [1.807, 2.05) is 0 Å². The van der Waals surface area contributed by atoms with Crippen LogP contribution < -0.4 is 0 Å². The maximum absolute atomic E-state index is 11.8. The minimum Gasteiger partial charge on any atom is -0.340 e. The molecule has 0 heterocycles. The lowest BCUT2D eigenvalue weighted by Crippen LogP contribution is -2.44. The zero-order chi connectivity index (χ0) is 10.4. The number of hydrogen-bond donors (Lipinski definition) is 0. The summed E-state index contributed by atoms with van der Waals surface area (Å²) in [4.78, 5) is 13.9. The van der Waals surface area contributed by atoms with Crippen LogP contribution in [-0.2, 0) is 4.79 Å². The van der Waals surface area contributed by atoms with Crippen molar-refractivity contribution in [2.75, 3.05) is 11.9 Å². The fourth-order valence-corrected chi connectivity index (χ4v) is 2.05. The maximum atomic E-state index is 11.8. The summed E-state index contributed by atoms with van der Waals surface area (Å²) >= 11 is 3.42. The van der Waals surface area contributed by atoms with E-state index >= 15 is 0 Å².